The molecule has 0 radical (unpaired) electrons. The highest BCUT2D eigenvalue weighted by Crippen LogP contribution is 1.87. The lowest BCUT2D eigenvalue weighted by Gasteiger charge is -1.90. The van der Waals surface area contributed by atoms with Crippen LogP contribution in [-0.2, 0) is 0 Å². The van der Waals surface area contributed by atoms with E-state index < -0.39 is 0 Å². The molecule has 1 aromatic rings. The van der Waals surface area contributed by atoms with E-state index in [9.17, 15) is 0 Å². The van der Waals surface area contributed by atoms with Crippen LogP contribution in [0.5, 0.6) is 0 Å². The van der Waals surface area contributed by atoms with Gasteiger partial charge in [0.2, 0.25) is 0 Å². The summed E-state index contributed by atoms with van der Waals surface area (Å²) in [5.74, 6) is 0. The Labute approximate surface area is 42.8 Å². The second-order valence-corrected chi connectivity index (χ2v) is 1.50. The van der Waals surface area contributed by atoms with Gasteiger partial charge >= 0.3 is 0 Å². The van der Waals surface area contributed by atoms with Gasteiger partial charge in [0.25, 0.3) is 0 Å². The minimum Gasteiger partial charge on any atom is -0.408 e. The summed E-state index contributed by atoms with van der Waals surface area (Å²) in [6.07, 6.45) is 1.81. The number of nitrogens with zero attached hydrogens (tertiary/aromatic N) is 2. The topological polar surface area (TPSA) is 17.8 Å². The minimum absolute atomic E-state index is 1.01. The Bertz CT molecular complexity index is 138. The molecule has 0 N–H and O–H groups in total. The predicted molar refractivity (Wildman–Crippen MR) is 27.7 cm³/mol. The molecule has 0 aromatic carbocycles. The lowest BCUT2D eigenvalue weighted by Crippen LogP contribution is -1.83. The maximum atomic E-state index is 3.92. The minimum atomic E-state index is 1.01. The van der Waals surface area contributed by atoms with E-state index in [1.54, 1.807) is 0 Å². The largest absolute Gasteiger partial charge is 0.408 e. The molecule has 38 valence electrons. The second kappa shape index (κ2) is 1.30. The van der Waals surface area contributed by atoms with Crippen molar-refractivity contribution in [1.82, 2.24) is 9.78 Å². The summed E-state index contributed by atoms with van der Waals surface area (Å²) >= 11 is 0. The van der Waals surface area contributed by atoms with Crippen LogP contribution in [0.15, 0.2) is 12.3 Å². The highest BCUT2D eigenvalue weighted by Gasteiger charge is 1.74. The summed E-state index contributed by atoms with van der Waals surface area (Å²) in [4.78, 5) is 0. The van der Waals surface area contributed by atoms with Crippen LogP contribution in [0.4, 0.5) is 0 Å². The van der Waals surface area contributed by atoms with E-state index in [1.807, 2.05) is 19.2 Å². The van der Waals surface area contributed by atoms with Gasteiger partial charge in [-0.05, 0) is 6.92 Å². The third-order valence-electron chi connectivity index (χ3n) is 0.774. The first-order valence-corrected chi connectivity index (χ1v) is 2.12. The molecule has 0 atom stereocenters. The quantitative estimate of drug-likeness (QED) is 0.436. The van der Waals surface area contributed by atoms with Gasteiger partial charge in [-0.25, -0.2) is 5.10 Å². The Balaban J connectivity index is 3.04. The summed E-state index contributed by atoms with van der Waals surface area (Å²) in [7, 11) is 3.55. The molecule has 0 amide bonds. The monoisotopic (exact) mass is 95.1 g/mol. The molecule has 0 saturated heterocycles. The lowest BCUT2D eigenvalue weighted by molar-refractivity contribution is 0.859. The van der Waals surface area contributed by atoms with Crippen molar-refractivity contribution in [3.63, 3.8) is 0 Å². The lowest BCUT2D eigenvalue weighted by atomic mass is 10.5. The van der Waals surface area contributed by atoms with Gasteiger partial charge in [0.05, 0.1) is 0 Å². The van der Waals surface area contributed by atoms with E-state index in [-0.39, 0.29) is 0 Å². The van der Waals surface area contributed by atoms with Crippen molar-refractivity contribution in [2.24, 2.45) is 0 Å². The van der Waals surface area contributed by atoms with E-state index in [1.165, 1.54) is 4.68 Å². The number of aryl methyl sites for hydroxylation is 1. The summed E-state index contributed by atoms with van der Waals surface area (Å²) in [6, 6.07) is 1.91. The highest BCUT2D eigenvalue weighted by atomic mass is 15.2. The van der Waals surface area contributed by atoms with Crippen LogP contribution in [0.25, 0.3) is 0 Å². The molecule has 1 rings (SSSR count). The van der Waals surface area contributed by atoms with Crippen LogP contribution in [0.3, 0.4) is 0 Å². The van der Waals surface area contributed by atoms with Crippen molar-refractivity contribution < 1.29 is 0 Å². The molecule has 2 nitrogen and oxygen atoms in total. The molecule has 0 saturated carbocycles. The molecule has 0 spiro atoms. The van der Waals surface area contributed by atoms with E-state index in [0.717, 1.165) is 5.69 Å². The molecule has 0 bridgehead atoms. The van der Waals surface area contributed by atoms with Crippen molar-refractivity contribution in [3.8, 4) is 0 Å². The van der Waals surface area contributed by atoms with Gasteiger partial charge in [-0.1, -0.05) is 0 Å². The Morgan fingerprint density at radius 3 is 2.71 bits per heavy atom. The van der Waals surface area contributed by atoms with E-state index >= 15 is 0 Å². The zero-order valence-electron chi connectivity index (χ0n) is 4.26. The number of hydrogen-bond acceptors (Lipinski definition) is 1. The highest BCUT2D eigenvalue weighted by molar-refractivity contribution is 4.94. The van der Waals surface area contributed by atoms with Gasteiger partial charge in [0.15, 0.2) is 0 Å². The summed E-state index contributed by atoms with van der Waals surface area (Å²) in [5, 5.41) is 3.92. The summed E-state index contributed by atoms with van der Waals surface area (Å²) in [5.41, 5.74) is 1.01. The first-order valence-electron chi connectivity index (χ1n) is 2.12. The first kappa shape index (κ1) is 4.24. The molecular weight excluding hydrogens is 88.1 g/mol. The molecule has 7 heavy (non-hydrogen) atoms. The van der Waals surface area contributed by atoms with Crippen LogP contribution in [0.1, 0.15) is 5.69 Å². The number of hydrogen-bond donors (Lipinski definition) is 0. The molecule has 0 aliphatic rings. The fraction of sp³-hybridized carbons (Fsp3) is 0.200. The summed E-state index contributed by atoms with van der Waals surface area (Å²) < 4.78 is 1.54. The molecule has 0 aliphatic carbocycles. The van der Waals surface area contributed by atoms with E-state index in [2.05, 4.69) is 12.1 Å². The first-order chi connectivity index (χ1) is 3.29. The van der Waals surface area contributed by atoms with Gasteiger partial charge in [-0.15, -0.1) is 12.3 Å². The molecule has 0 fully saturated rings. The average molecular weight is 95.1 g/mol. The third-order valence-corrected chi connectivity index (χ3v) is 0.774. The van der Waals surface area contributed by atoms with Crippen molar-refractivity contribution in [2.75, 3.05) is 0 Å². The average Bonchev–Trinajstić information content (AvgIpc) is 1.87. The smallest absolute Gasteiger partial charge is 0.0386 e. The Morgan fingerprint density at radius 1 is 1.86 bits per heavy atom. The molecule has 0 unspecified atom stereocenters. The second-order valence-electron chi connectivity index (χ2n) is 1.50. The number of aromatic nitrogens is 2. The van der Waals surface area contributed by atoms with Crippen LogP contribution in [-0.4, -0.2) is 9.78 Å². The van der Waals surface area contributed by atoms with Gasteiger partial charge in [0.1, 0.15) is 0 Å². The standard InChI is InChI=1S/C5H7N2/c1-5-3-4-7(2)6-5/h3-4H,2H2,1H3/q-1. The maximum absolute atomic E-state index is 3.92. The van der Waals surface area contributed by atoms with Crippen molar-refractivity contribution >= 4 is 0 Å². The Kier molecular flexibility index (Phi) is 0.785. The molecule has 1 aromatic heterocycles. The van der Waals surface area contributed by atoms with Gasteiger partial charge in [-0.2, -0.15) is 7.05 Å². The Morgan fingerprint density at radius 2 is 2.57 bits per heavy atom. The van der Waals surface area contributed by atoms with Gasteiger partial charge < -0.3 is 4.68 Å². The molecular formula is C5H7N2-. The molecule has 1 heterocycles. The van der Waals surface area contributed by atoms with E-state index in [0.29, 0.717) is 0 Å². The van der Waals surface area contributed by atoms with Crippen LogP contribution in [0.2, 0.25) is 0 Å². The van der Waals surface area contributed by atoms with Gasteiger partial charge in [-0.3, -0.25) is 0 Å². The zero-order chi connectivity index (χ0) is 5.28. The SMILES string of the molecule is [CH2-]n1ccc(C)n1. The van der Waals surface area contributed by atoms with Crippen LogP contribution >= 0.6 is 0 Å². The van der Waals surface area contributed by atoms with E-state index in [4.69, 9.17) is 0 Å². The fourth-order valence-electron chi connectivity index (χ4n) is 0.463. The zero-order valence-corrected chi connectivity index (χ0v) is 4.26. The predicted octanol–water partition coefficient (Wildman–Crippen LogP) is 0.831. The third kappa shape index (κ3) is 0.738. The fourth-order valence-corrected chi connectivity index (χ4v) is 0.463. The van der Waals surface area contributed by atoms with Crippen molar-refractivity contribution in [3.05, 3.63) is 25.0 Å². The van der Waals surface area contributed by atoms with Crippen molar-refractivity contribution in [2.45, 2.75) is 6.92 Å². The van der Waals surface area contributed by atoms with Crippen LogP contribution in [0, 0.1) is 14.0 Å². The van der Waals surface area contributed by atoms with Crippen molar-refractivity contribution in [1.29, 1.82) is 0 Å². The molecule has 2 heteroatoms. The molecule has 0 aliphatic heterocycles. The summed E-state index contributed by atoms with van der Waals surface area (Å²) in [6.45, 7) is 1.93. The Hall–Kier alpha value is -0.920. The maximum Gasteiger partial charge on any atom is 0.0386 e. The van der Waals surface area contributed by atoms with Crippen LogP contribution < -0.4 is 0 Å². The number of rotatable bonds is 0. The normalized spacial score (nSPS) is 9.29. The van der Waals surface area contributed by atoms with Gasteiger partial charge in [0, 0.05) is 5.69 Å².